The quantitative estimate of drug-likeness (QED) is 0.594. The van der Waals surface area contributed by atoms with Gasteiger partial charge in [-0.3, -0.25) is 4.79 Å². The van der Waals surface area contributed by atoms with Crippen LogP contribution in [0.4, 0.5) is 0 Å². The summed E-state index contributed by atoms with van der Waals surface area (Å²) in [6, 6.07) is 10.5. The third kappa shape index (κ3) is 4.09. The van der Waals surface area contributed by atoms with Crippen molar-refractivity contribution in [3.63, 3.8) is 0 Å². The maximum absolute atomic E-state index is 12.6. The molecule has 0 amide bonds. The molecule has 7 nitrogen and oxygen atoms in total. The highest BCUT2D eigenvalue weighted by Gasteiger charge is 2.23. The third-order valence-electron chi connectivity index (χ3n) is 4.09. The molecule has 3 aromatic rings. The van der Waals surface area contributed by atoms with Crippen molar-refractivity contribution in [1.29, 1.82) is 5.26 Å². The molecule has 0 atom stereocenters. The monoisotopic (exact) mass is 429 g/mol. The van der Waals surface area contributed by atoms with Crippen molar-refractivity contribution >= 4 is 29.2 Å². The third-order valence-corrected chi connectivity index (χ3v) is 4.61. The lowest BCUT2D eigenvalue weighted by molar-refractivity contribution is 0.0695. The summed E-state index contributed by atoms with van der Waals surface area (Å²) >= 11 is 12.0. The number of carboxylic acid groups (broad SMARTS) is 1. The Bertz CT molecular complexity index is 1220. The lowest BCUT2D eigenvalue weighted by atomic mass is 10.0. The van der Waals surface area contributed by atoms with Crippen molar-refractivity contribution in [3.8, 4) is 29.0 Å². The Morgan fingerprint density at radius 1 is 1.28 bits per heavy atom. The Morgan fingerprint density at radius 2 is 2.03 bits per heavy atom. The summed E-state index contributed by atoms with van der Waals surface area (Å²) in [5.74, 6) is -0.926. The average molecular weight is 430 g/mol. The molecule has 0 aliphatic heterocycles. The van der Waals surface area contributed by atoms with Gasteiger partial charge >= 0.3 is 5.97 Å². The number of aromatic carboxylic acids is 1. The summed E-state index contributed by atoms with van der Waals surface area (Å²) in [5.41, 5.74) is -0.435. The molecule has 2 aromatic heterocycles. The SMILES string of the molecule is CCn1c(Oc2ccnc(Cl)c2)cc(=O)c(C(=O)O)c1-c1ccc(C#N)c(Cl)c1. The van der Waals surface area contributed by atoms with Crippen LogP contribution in [0.5, 0.6) is 11.6 Å². The van der Waals surface area contributed by atoms with Crippen molar-refractivity contribution in [1.82, 2.24) is 9.55 Å². The van der Waals surface area contributed by atoms with E-state index in [0.29, 0.717) is 17.9 Å². The van der Waals surface area contributed by atoms with Gasteiger partial charge in [-0.1, -0.05) is 29.3 Å². The Hall–Kier alpha value is -3.34. The van der Waals surface area contributed by atoms with Gasteiger partial charge in [0, 0.05) is 30.4 Å². The molecule has 0 bridgehead atoms. The summed E-state index contributed by atoms with van der Waals surface area (Å²) in [4.78, 5) is 28.3. The van der Waals surface area contributed by atoms with E-state index in [4.69, 9.17) is 33.2 Å². The van der Waals surface area contributed by atoms with Crippen LogP contribution < -0.4 is 10.2 Å². The molecule has 1 N–H and O–H groups in total. The van der Waals surface area contributed by atoms with Crippen LogP contribution in [0.3, 0.4) is 0 Å². The van der Waals surface area contributed by atoms with E-state index >= 15 is 0 Å². The molecule has 0 unspecified atom stereocenters. The fourth-order valence-electron chi connectivity index (χ4n) is 2.85. The first kappa shape index (κ1) is 20.4. The van der Waals surface area contributed by atoms with Crippen LogP contribution in [-0.4, -0.2) is 20.6 Å². The zero-order chi connectivity index (χ0) is 21.1. The van der Waals surface area contributed by atoms with E-state index in [1.54, 1.807) is 13.0 Å². The van der Waals surface area contributed by atoms with Gasteiger partial charge < -0.3 is 14.4 Å². The molecule has 0 radical (unpaired) electrons. The van der Waals surface area contributed by atoms with Crippen molar-refractivity contribution < 1.29 is 14.6 Å². The summed E-state index contributed by atoms with van der Waals surface area (Å²) in [7, 11) is 0. The maximum atomic E-state index is 12.6. The molecule has 2 heterocycles. The minimum Gasteiger partial charge on any atom is -0.477 e. The highest BCUT2D eigenvalue weighted by Crippen LogP contribution is 2.32. The molecule has 146 valence electrons. The predicted molar refractivity (Wildman–Crippen MR) is 108 cm³/mol. The van der Waals surface area contributed by atoms with Gasteiger partial charge in [0.1, 0.15) is 22.5 Å². The normalized spacial score (nSPS) is 10.4. The molecule has 0 aliphatic rings. The lowest BCUT2D eigenvalue weighted by Gasteiger charge is -2.19. The van der Waals surface area contributed by atoms with E-state index in [9.17, 15) is 14.7 Å². The number of pyridine rings is 2. The minimum absolute atomic E-state index is 0.119. The molecule has 0 saturated heterocycles. The Kier molecular flexibility index (Phi) is 5.87. The second-order valence-electron chi connectivity index (χ2n) is 5.84. The van der Waals surface area contributed by atoms with Gasteiger partial charge in [0.15, 0.2) is 0 Å². The zero-order valence-corrected chi connectivity index (χ0v) is 16.5. The van der Waals surface area contributed by atoms with Gasteiger partial charge in [-0.2, -0.15) is 5.26 Å². The summed E-state index contributed by atoms with van der Waals surface area (Å²) < 4.78 is 7.33. The number of ether oxygens (including phenoxy) is 1. The van der Waals surface area contributed by atoms with Crippen molar-refractivity contribution in [2.75, 3.05) is 0 Å². The van der Waals surface area contributed by atoms with E-state index in [2.05, 4.69) is 4.98 Å². The Morgan fingerprint density at radius 3 is 2.62 bits per heavy atom. The highest BCUT2D eigenvalue weighted by molar-refractivity contribution is 6.32. The molecule has 0 aliphatic carbocycles. The zero-order valence-electron chi connectivity index (χ0n) is 15.0. The lowest BCUT2D eigenvalue weighted by Crippen LogP contribution is -2.21. The average Bonchev–Trinajstić information content (AvgIpc) is 2.67. The summed E-state index contributed by atoms with van der Waals surface area (Å²) in [5, 5.41) is 19.1. The fraction of sp³-hybridized carbons (Fsp3) is 0.100. The van der Waals surface area contributed by atoms with Crippen LogP contribution in [0, 0.1) is 11.3 Å². The van der Waals surface area contributed by atoms with Gasteiger partial charge in [0.25, 0.3) is 0 Å². The van der Waals surface area contributed by atoms with E-state index < -0.39 is 17.0 Å². The number of carbonyl (C=O) groups is 1. The number of hydrogen-bond acceptors (Lipinski definition) is 5. The largest absolute Gasteiger partial charge is 0.477 e. The minimum atomic E-state index is -1.38. The number of rotatable bonds is 5. The van der Waals surface area contributed by atoms with Crippen molar-refractivity contribution in [2.45, 2.75) is 13.5 Å². The summed E-state index contributed by atoms with van der Waals surface area (Å²) in [6.45, 7) is 2.07. The second kappa shape index (κ2) is 8.35. The van der Waals surface area contributed by atoms with Crippen molar-refractivity contribution in [2.24, 2.45) is 0 Å². The van der Waals surface area contributed by atoms with Crippen LogP contribution in [0.25, 0.3) is 11.3 Å². The van der Waals surface area contributed by atoms with Crippen LogP contribution in [0.1, 0.15) is 22.8 Å². The fourth-order valence-corrected chi connectivity index (χ4v) is 3.24. The highest BCUT2D eigenvalue weighted by atomic mass is 35.5. The van der Waals surface area contributed by atoms with Crippen LogP contribution in [-0.2, 0) is 6.54 Å². The molecule has 0 spiro atoms. The number of carboxylic acids is 1. The van der Waals surface area contributed by atoms with Crippen LogP contribution >= 0.6 is 23.2 Å². The number of aromatic nitrogens is 2. The predicted octanol–water partition coefficient (Wildman–Crippen LogP) is 4.60. The molecule has 0 fully saturated rings. The number of benzene rings is 1. The number of nitrogens with zero attached hydrogens (tertiary/aromatic N) is 3. The van der Waals surface area contributed by atoms with Gasteiger partial charge in [-0.05, 0) is 25.1 Å². The Balaban J connectivity index is 2.29. The molecular formula is C20H13Cl2N3O4. The maximum Gasteiger partial charge on any atom is 0.341 e. The van der Waals surface area contributed by atoms with E-state index in [0.717, 1.165) is 6.07 Å². The second-order valence-corrected chi connectivity index (χ2v) is 6.64. The molecule has 3 rings (SSSR count). The topological polar surface area (TPSA) is 105 Å². The van der Waals surface area contributed by atoms with Crippen molar-refractivity contribution in [3.05, 3.63) is 74.1 Å². The summed E-state index contributed by atoms with van der Waals surface area (Å²) in [6.07, 6.45) is 1.44. The number of halogens is 2. The van der Waals surface area contributed by atoms with E-state index in [1.165, 1.54) is 35.0 Å². The van der Waals surface area contributed by atoms with Gasteiger partial charge in [0.05, 0.1) is 16.3 Å². The standard InChI is InChI=1S/C20H13Cl2N3O4/c1-2-25-17(29-13-5-6-24-16(22)8-13)9-15(26)18(20(27)28)19(25)11-3-4-12(10-23)14(21)7-11/h3-9H,2H2,1H3,(H,27,28). The van der Waals surface area contributed by atoms with Gasteiger partial charge in [-0.15, -0.1) is 0 Å². The first-order chi connectivity index (χ1) is 13.8. The molecule has 0 saturated carbocycles. The first-order valence-electron chi connectivity index (χ1n) is 8.36. The van der Waals surface area contributed by atoms with Crippen LogP contribution in [0.15, 0.2) is 47.4 Å². The van der Waals surface area contributed by atoms with E-state index in [1.807, 2.05) is 6.07 Å². The smallest absolute Gasteiger partial charge is 0.341 e. The first-order valence-corrected chi connectivity index (χ1v) is 9.11. The number of nitriles is 1. The molecular weight excluding hydrogens is 417 g/mol. The molecule has 1 aromatic carbocycles. The Labute approximate surface area is 175 Å². The van der Waals surface area contributed by atoms with Gasteiger partial charge in [0.2, 0.25) is 11.3 Å². The van der Waals surface area contributed by atoms with Crippen LogP contribution in [0.2, 0.25) is 10.2 Å². The van der Waals surface area contributed by atoms with Gasteiger partial charge in [-0.25, -0.2) is 9.78 Å². The van der Waals surface area contributed by atoms with E-state index in [-0.39, 0.29) is 27.3 Å². The molecule has 9 heteroatoms. The number of hydrogen-bond donors (Lipinski definition) is 1. The molecule has 29 heavy (non-hydrogen) atoms.